The molecule has 96 valence electrons. The van der Waals surface area contributed by atoms with Crippen molar-refractivity contribution >= 4 is 13.2 Å². The van der Waals surface area contributed by atoms with E-state index in [0.717, 1.165) is 0 Å². The second-order valence-electron chi connectivity index (χ2n) is 3.37. The lowest BCUT2D eigenvalue weighted by atomic mass is 10.6. The lowest BCUT2D eigenvalue weighted by Crippen LogP contribution is -2.31. The number of carbonyl (C=O) groups is 1. The molecule has 1 amide bonds. The van der Waals surface area contributed by atoms with Gasteiger partial charge in [-0.1, -0.05) is 0 Å². The monoisotopic (exact) mass is 252 g/mol. The van der Waals surface area contributed by atoms with E-state index >= 15 is 0 Å². The van der Waals surface area contributed by atoms with Gasteiger partial charge in [0, 0.05) is 13.1 Å². The molecule has 0 heterocycles. The standard InChI is InChI=1S/C9H21N2O4P/c1-5-14-16(13,15-6-2)9(12)10-7-8-11(3)4/h5-8H2,1-4H3,(H,10,12). The molecule has 0 aliphatic rings. The summed E-state index contributed by atoms with van der Waals surface area (Å²) in [6.45, 7) is 4.77. The van der Waals surface area contributed by atoms with Gasteiger partial charge >= 0.3 is 13.2 Å². The molecule has 0 aromatic carbocycles. The minimum absolute atomic E-state index is 0.179. The van der Waals surface area contributed by atoms with E-state index in [4.69, 9.17) is 9.05 Å². The van der Waals surface area contributed by atoms with Crippen LogP contribution >= 0.6 is 7.60 Å². The SMILES string of the molecule is CCOP(=O)(OCC)C(=O)NCCN(C)C. The van der Waals surface area contributed by atoms with Crippen LogP contribution in [0, 0.1) is 0 Å². The normalized spacial score (nSPS) is 11.8. The second kappa shape index (κ2) is 7.79. The number of likely N-dealkylation sites (N-methyl/N-ethyl adjacent to an activating group) is 1. The van der Waals surface area contributed by atoms with Gasteiger partial charge in [-0.3, -0.25) is 4.79 Å². The van der Waals surface area contributed by atoms with E-state index in [1.807, 2.05) is 19.0 Å². The van der Waals surface area contributed by atoms with Crippen molar-refractivity contribution in [2.24, 2.45) is 0 Å². The van der Waals surface area contributed by atoms with Crippen molar-refractivity contribution in [3.05, 3.63) is 0 Å². The van der Waals surface area contributed by atoms with Crippen LogP contribution in [0.2, 0.25) is 0 Å². The Morgan fingerprint density at radius 3 is 2.12 bits per heavy atom. The van der Waals surface area contributed by atoms with Crippen LogP contribution in [-0.2, 0) is 13.6 Å². The summed E-state index contributed by atoms with van der Waals surface area (Å²) in [5, 5.41) is 2.53. The van der Waals surface area contributed by atoms with Crippen LogP contribution < -0.4 is 5.32 Å². The Morgan fingerprint density at radius 1 is 1.25 bits per heavy atom. The van der Waals surface area contributed by atoms with Crippen LogP contribution in [0.5, 0.6) is 0 Å². The highest BCUT2D eigenvalue weighted by molar-refractivity contribution is 7.71. The molecule has 0 unspecified atom stereocenters. The molecule has 0 radical (unpaired) electrons. The Labute approximate surface area is 96.8 Å². The van der Waals surface area contributed by atoms with Crippen molar-refractivity contribution in [1.29, 1.82) is 0 Å². The van der Waals surface area contributed by atoms with Crippen LogP contribution in [0.25, 0.3) is 0 Å². The molecule has 0 aromatic heterocycles. The zero-order chi connectivity index (χ0) is 12.6. The average Bonchev–Trinajstić information content (AvgIpc) is 2.17. The third-order valence-electron chi connectivity index (χ3n) is 1.68. The highest BCUT2D eigenvalue weighted by atomic mass is 31.2. The first-order valence-electron chi connectivity index (χ1n) is 5.28. The summed E-state index contributed by atoms with van der Waals surface area (Å²) in [6, 6.07) is 0. The summed E-state index contributed by atoms with van der Waals surface area (Å²) in [5.74, 6) is 0. The van der Waals surface area contributed by atoms with Gasteiger partial charge in [-0.05, 0) is 27.9 Å². The van der Waals surface area contributed by atoms with E-state index in [-0.39, 0.29) is 13.2 Å². The summed E-state index contributed by atoms with van der Waals surface area (Å²) in [5.41, 5.74) is -0.668. The highest BCUT2D eigenvalue weighted by Crippen LogP contribution is 2.48. The molecule has 0 fully saturated rings. The summed E-state index contributed by atoms with van der Waals surface area (Å²) in [7, 11) is 0.133. The first kappa shape index (κ1) is 15.6. The molecule has 0 saturated heterocycles. The number of hydrogen-bond donors (Lipinski definition) is 1. The fraction of sp³-hybridized carbons (Fsp3) is 0.889. The molecule has 16 heavy (non-hydrogen) atoms. The largest absolute Gasteiger partial charge is 0.418 e. The number of carbonyl (C=O) groups excluding carboxylic acids is 1. The van der Waals surface area contributed by atoms with E-state index in [1.165, 1.54) is 0 Å². The first-order valence-corrected chi connectivity index (χ1v) is 6.82. The lowest BCUT2D eigenvalue weighted by Gasteiger charge is -2.17. The molecule has 1 N–H and O–H groups in total. The molecule has 0 bridgehead atoms. The Morgan fingerprint density at radius 2 is 1.75 bits per heavy atom. The van der Waals surface area contributed by atoms with Gasteiger partial charge in [0.25, 0.3) is 0 Å². The van der Waals surface area contributed by atoms with Gasteiger partial charge in [-0.25, -0.2) is 4.57 Å². The van der Waals surface area contributed by atoms with Crippen LogP contribution in [-0.4, -0.2) is 50.9 Å². The minimum atomic E-state index is -3.64. The topological polar surface area (TPSA) is 67.9 Å². The minimum Gasteiger partial charge on any atom is -0.344 e. The van der Waals surface area contributed by atoms with Gasteiger partial charge in [0.2, 0.25) is 0 Å². The van der Waals surface area contributed by atoms with E-state index in [2.05, 4.69) is 5.32 Å². The molecule has 6 nitrogen and oxygen atoms in total. The zero-order valence-corrected chi connectivity index (χ0v) is 11.3. The molecule has 0 atom stereocenters. The smallest absolute Gasteiger partial charge is 0.344 e. The molecular weight excluding hydrogens is 231 g/mol. The molecular formula is C9H21N2O4P. The first-order chi connectivity index (χ1) is 7.46. The fourth-order valence-electron chi connectivity index (χ4n) is 0.978. The number of amides is 1. The average molecular weight is 252 g/mol. The Bertz CT molecular complexity index is 248. The van der Waals surface area contributed by atoms with Crippen molar-refractivity contribution < 1.29 is 18.4 Å². The molecule has 0 rings (SSSR count). The van der Waals surface area contributed by atoms with Crippen molar-refractivity contribution in [2.75, 3.05) is 40.4 Å². The molecule has 7 heteroatoms. The molecule has 0 aromatic rings. The van der Waals surface area contributed by atoms with Crippen LogP contribution in [0.4, 0.5) is 4.79 Å². The summed E-state index contributed by atoms with van der Waals surface area (Å²) in [6.07, 6.45) is 0. The van der Waals surface area contributed by atoms with Gasteiger partial charge < -0.3 is 19.3 Å². The van der Waals surface area contributed by atoms with Crippen molar-refractivity contribution in [2.45, 2.75) is 13.8 Å². The number of nitrogens with zero attached hydrogens (tertiary/aromatic N) is 1. The van der Waals surface area contributed by atoms with Gasteiger partial charge in [0.1, 0.15) is 0 Å². The number of hydrogen-bond acceptors (Lipinski definition) is 5. The summed E-state index contributed by atoms with van der Waals surface area (Å²) in [4.78, 5) is 13.5. The maximum absolute atomic E-state index is 11.9. The fourth-order valence-corrected chi connectivity index (χ4v) is 2.27. The second-order valence-corrected chi connectivity index (χ2v) is 5.29. The van der Waals surface area contributed by atoms with Crippen LogP contribution in [0.15, 0.2) is 0 Å². The number of nitrogens with one attached hydrogen (secondary N) is 1. The van der Waals surface area contributed by atoms with Gasteiger partial charge in [0.05, 0.1) is 13.2 Å². The van der Waals surface area contributed by atoms with Crippen molar-refractivity contribution in [3.8, 4) is 0 Å². The maximum Gasteiger partial charge on any atom is 0.418 e. The van der Waals surface area contributed by atoms with E-state index in [9.17, 15) is 9.36 Å². The van der Waals surface area contributed by atoms with E-state index < -0.39 is 13.2 Å². The Kier molecular flexibility index (Phi) is 7.58. The predicted molar refractivity (Wildman–Crippen MR) is 62.8 cm³/mol. The molecule has 0 saturated carbocycles. The van der Waals surface area contributed by atoms with Crippen LogP contribution in [0.1, 0.15) is 13.8 Å². The number of rotatable bonds is 8. The van der Waals surface area contributed by atoms with Gasteiger partial charge in [0.15, 0.2) is 0 Å². The van der Waals surface area contributed by atoms with Gasteiger partial charge in [-0.2, -0.15) is 0 Å². The van der Waals surface area contributed by atoms with Crippen molar-refractivity contribution in [1.82, 2.24) is 10.2 Å². The third kappa shape index (κ3) is 5.61. The molecule has 0 spiro atoms. The predicted octanol–water partition coefficient (Wildman–Crippen LogP) is 1.52. The van der Waals surface area contributed by atoms with E-state index in [1.54, 1.807) is 13.8 Å². The van der Waals surface area contributed by atoms with Crippen molar-refractivity contribution in [3.63, 3.8) is 0 Å². The van der Waals surface area contributed by atoms with Crippen LogP contribution in [0.3, 0.4) is 0 Å². The Hall–Kier alpha value is -0.420. The summed E-state index contributed by atoms with van der Waals surface area (Å²) < 4.78 is 21.7. The molecule has 0 aliphatic carbocycles. The quantitative estimate of drug-likeness (QED) is 0.663. The lowest BCUT2D eigenvalue weighted by molar-refractivity contribution is 0.207. The zero-order valence-electron chi connectivity index (χ0n) is 10.4. The third-order valence-corrected chi connectivity index (χ3v) is 3.53. The maximum atomic E-state index is 11.9. The Balaban J connectivity index is 4.23. The molecule has 0 aliphatic heterocycles. The van der Waals surface area contributed by atoms with Gasteiger partial charge in [-0.15, -0.1) is 0 Å². The summed E-state index contributed by atoms with van der Waals surface area (Å²) >= 11 is 0. The highest BCUT2D eigenvalue weighted by Gasteiger charge is 2.33. The van der Waals surface area contributed by atoms with E-state index in [0.29, 0.717) is 13.1 Å².